The molecule has 0 saturated heterocycles. The van der Waals surface area contributed by atoms with Gasteiger partial charge in [-0.15, -0.1) is 0 Å². The number of nitrogens with zero attached hydrogens (tertiary/aromatic N) is 1. The van der Waals surface area contributed by atoms with Crippen molar-refractivity contribution in [2.45, 2.75) is 12.2 Å². The normalized spacial score (nSPS) is 13.7. The Morgan fingerprint density at radius 3 is 2.37 bits per heavy atom. The van der Waals surface area contributed by atoms with Crippen molar-refractivity contribution in [2.75, 3.05) is 0 Å². The fraction of sp³-hybridized carbons (Fsp3) is 0.143. The van der Waals surface area contributed by atoms with Gasteiger partial charge >= 0.3 is 5.97 Å². The van der Waals surface area contributed by atoms with Gasteiger partial charge in [-0.3, -0.25) is 0 Å². The van der Waals surface area contributed by atoms with Crippen LogP contribution in [0.3, 0.4) is 0 Å². The zero-order chi connectivity index (χ0) is 14.0. The number of hydrogen-bond acceptors (Lipinski definition) is 4. The summed E-state index contributed by atoms with van der Waals surface area (Å²) in [6.45, 7) is 0. The SMILES string of the molecule is N#CC(O)C(O)c1ccc2cc(C(=O)O)ccc2c1. The van der Waals surface area contributed by atoms with Crippen molar-refractivity contribution >= 4 is 16.7 Å². The molecule has 2 atom stereocenters. The molecule has 2 unspecified atom stereocenters. The predicted molar refractivity (Wildman–Crippen MR) is 67.5 cm³/mol. The van der Waals surface area contributed by atoms with Gasteiger partial charge in [0.25, 0.3) is 0 Å². The largest absolute Gasteiger partial charge is 0.478 e. The van der Waals surface area contributed by atoms with Crippen LogP contribution < -0.4 is 0 Å². The van der Waals surface area contributed by atoms with Crippen LogP contribution in [-0.2, 0) is 0 Å². The van der Waals surface area contributed by atoms with Crippen LogP contribution in [0.2, 0.25) is 0 Å². The summed E-state index contributed by atoms with van der Waals surface area (Å²) in [6.07, 6.45) is -2.77. The fourth-order valence-electron chi connectivity index (χ4n) is 1.83. The molecule has 0 fully saturated rings. The summed E-state index contributed by atoms with van der Waals surface area (Å²) < 4.78 is 0. The highest BCUT2D eigenvalue weighted by Crippen LogP contribution is 2.23. The van der Waals surface area contributed by atoms with Gasteiger partial charge in [-0.05, 0) is 34.5 Å². The minimum atomic E-state index is -1.49. The highest BCUT2D eigenvalue weighted by molar-refractivity contribution is 5.94. The van der Waals surface area contributed by atoms with Crippen LogP contribution in [0.25, 0.3) is 10.8 Å². The maximum atomic E-state index is 10.8. The second-order valence-electron chi connectivity index (χ2n) is 4.15. The van der Waals surface area contributed by atoms with Gasteiger partial charge in [0.05, 0.1) is 11.6 Å². The summed E-state index contributed by atoms with van der Waals surface area (Å²) in [5.41, 5.74) is 0.586. The number of rotatable bonds is 3. The molecule has 2 rings (SSSR count). The number of hydrogen-bond donors (Lipinski definition) is 3. The molecule has 2 aromatic rings. The average molecular weight is 257 g/mol. The van der Waals surface area contributed by atoms with E-state index in [1.807, 2.05) is 0 Å². The quantitative estimate of drug-likeness (QED) is 0.722. The molecule has 0 amide bonds. The third kappa shape index (κ3) is 2.55. The van der Waals surface area contributed by atoms with E-state index in [0.717, 1.165) is 5.39 Å². The number of carboxylic acid groups (broad SMARTS) is 1. The zero-order valence-electron chi connectivity index (χ0n) is 9.82. The summed E-state index contributed by atoms with van der Waals surface area (Å²) in [4.78, 5) is 10.8. The van der Waals surface area contributed by atoms with Crippen molar-refractivity contribution in [2.24, 2.45) is 0 Å². The van der Waals surface area contributed by atoms with E-state index in [-0.39, 0.29) is 5.56 Å². The second kappa shape index (κ2) is 5.06. The van der Waals surface area contributed by atoms with Crippen LogP contribution in [0.15, 0.2) is 36.4 Å². The summed E-state index contributed by atoms with van der Waals surface area (Å²) in [7, 11) is 0. The van der Waals surface area contributed by atoms with Crippen molar-refractivity contribution < 1.29 is 20.1 Å². The molecule has 19 heavy (non-hydrogen) atoms. The van der Waals surface area contributed by atoms with E-state index >= 15 is 0 Å². The Bertz CT molecular complexity index is 675. The van der Waals surface area contributed by atoms with E-state index < -0.39 is 18.2 Å². The molecular formula is C14H11NO4. The third-order valence-electron chi connectivity index (χ3n) is 2.88. The molecule has 0 aliphatic heterocycles. The number of benzene rings is 2. The Morgan fingerprint density at radius 1 is 1.11 bits per heavy atom. The van der Waals surface area contributed by atoms with E-state index in [1.165, 1.54) is 12.1 Å². The van der Waals surface area contributed by atoms with Gasteiger partial charge in [0.1, 0.15) is 6.10 Å². The number of fused-ring (bicyclic) bond motifs is 1. The minimum Gasteiger partial charge on any atom is -0.478 e. The van der Waals surface area contributed by atoms with Crippen LogP contribution in [0, 0.1) is 11.3 Å². The molecule has 0 aliphatic rings. The molecule has 5 heteroatoms. The highest BCUT2D eigenvalue weighted by Gasteiger charge is 2.17. The smallest absolute Gasteiger partial charge is 0.335 e. The van der Waals surface area contributed by atoms with Crippen LogP contribution in [0.5, 0.6) is 0 Å². The zero-order valence-corrected chi connectivity index (χ0v) is 9.82. The molecule has 0 bridgehead atoms. The van der Waals surface area contributed by atoms with E-state index in [9.17, 15) is 15.0 Å². The third-order valence-corrected chi connectivity index (χ3v) is 2.88. The topological polar surface area (TPSA) is 102 Å². The molecule has 0 spiro atoms. The molecule has 0 aromatic heterocycles. The molecule has 0 aliphatic carbocycles. The number of carbonyl (C=O) groups is 1. The van der Waals surface area contributed by atoms with Crippen molar-refractivity contribution in [1.29, 1.82) is 5.26 Å². The first kappa shape index (κ1) is 13.0. The molecule has 0 radical (unpaired) electrons. The van der Waals surface area contributed by atoms with Gasteiger partial charge in [0.15, 0.2) is 6.10 Å². The summed E-state index contributed by atoms with van der Waals surface area (Å²) in [5.74, 6) is -1.01. The maximum Gasteiger partial charge on any atom is 0.335 e. The predicted octanol–water partition coefficient (Wildman–Crippen LogP) is 1.46. The van der Waals surface area contributed by atoms with E-state index in [4.69, 9.17) is 10.4 Å². The first-order valence-corrected chi connectivity index (χ1v) is 5.55. The summed E-state index contributed by atoms with van der Waals surface area (Å²) >= 11 is 0. The van der Waals surface area contributed by atoms with Gasteiger partial charge in [-0.2, -0.15) is 5.26 Å². The van der Waals surface area contributed by atoms with Crippen molar-refractivity contribution in [3.05, 3.63) is 47.5 Å². The van der Waals surface area contributed by atoms with Gasteiger partial charge in [-0.1, -0.05) is 18.2 Å². The standard InChI is InChI=1S/C14H11NO4/c15-7-12(16)13(17)10-3-1-9-6-11(14(18)19)4-2-8(9)5-10/h1-6,12-13,16-17H,(H,18,19). The summed E-state index contributed by atoms with van der Waals surface area (Å²) in [5, 5.41) is 37.9. The number of aromatic carboxylic acids is 1. The van der Waals surface area contributed by atoms with Crippen molar-refractivity contribution in [1.82, 2.24) is 0 Å². The lowest BCUT2D eigenvalue weighted by Crippen LogP contribution is -2.15. The van der Waals surface area contributed by atoms with Gasteiger partial charge in [0, 0.05) is 0 Å². The number of aliphatic hydroxyl groups excluding tert-OH is 2. The number of aliphatic hydroxyl groups is 2. The van der Waals surface area contributed by atoms with Crippen molar-refractivity contribution in [3.63, 3.8) is 0 Å². The summed E-state index contributed by atoms with van der Waals surface area (Å²) in [6, 6.07) is 11.0. The molecule has 2 aromatic carbocycles. The highest BCUT2D eigenvalue weighted by atomic mass is 16.4. The lowest BCUT2D eigenvalue weighted by atomic mass is 9.99. The van der Waals surface area contributed by atoms with Gasteiger partial charge < -0.3 is 15.3 Å². The van der Waals surface area contributed by atoms with Crippen LogP contribution in [0.4, 0.5) is 0 Å². The van der Waals surface area contributed by atoms with Crippen LogP contribution in [-0.4, -0.2) is 27.4 Å². The molecule has 0 heterocycles. The number of nitriles is 1. The second-order valence-corrected chi connectivity index (χ2v) is 4.15. The van der Waals surface area contributed by atoms with Crippen LogP contribution in [0.1, 0.15) is 22.0 Å². The molecule has 3 N–H and O–H groups in total. The maximum absolute atomic E-state index is 10.8. The van der Waals surface area contributed by atoms with E-state index in [2.05, 4.69) is 0 Å². The Morgan fingerprint density at radius 2 is 1.74 bits per heavy atom. The van der Waals surface area contributed by atoms with Gasteiger partial charge in [0.2, 0.25) is 0 Å². The van der Waals surface area contributed by atoms with Crippen molar-refractivity contribution in [3.8, 4) is 6.07 Å². The lowest BCUT2D eigenvalue weighted by Gasteiger charge is -2.12. The first-order valence-electron chi connectivity index (χ1n) is 5.55. The van der Waals surface area contributed by atoms with E-state index in [0.29, 0.717) is 10.9 Å². The average Bonchev–Trinajstić information content (AvgIpc) is 2.44. The van der Waals surface area contributed by atoms with E-state index in [1.54, 1.807) is 30.3 Å². The van der Waals surface area contributed by atoms with Gasteiger partial charge in [-0.25, -0.2) is 4.79 Å². The number of carboxylic acids is 1. The first-order chi connectivity index (χ1) is 9.02. The van der Waals surface area contributed by atoms with Crippen LogP contribution >= 0.6 is 0 Å². The minimum absolute atomic E-state index is 0.179. The monoisotopic (exact) mass is 257 g/mol. The Hall–Kier alpha value is -2.42. The molecular weight excluding hydrogens is 246 g/mol. The Kier molecular flexibility index (Phi) is 3.47. The molecule has 96 valence electrons. The molecule has 5 nitrogen and oxygen atoms in total. The molecule has 0 saturated carbocycles. The Labute approximate surface area is 109 Å². The fourth-order valence-corrected chi connectivity index (χ4v) is 1.83. The Balaban J connectivity index is 2.45. The lowest BCUT2D eigenvalue weighted by molar-refractivity contribution is 0.0529.